The minimum absolute atomic E-state index is 0. The zero-order valence-corrected chi connectivity index (χ0v) is 10.4. The van der Waals surface area contributed by atoms with E-state index in [9.17, 15) is 0 Å². The molecule has 0 atom stereocenters. The molecule has 0 aromatic heterocycles. The van der Waals surface area contributed by atoms with Crippen molar-refractivity contribution < 1.29 is 17.4 Å². The predicted molar refractivity (Wildman–Crippen MR) is 62.3 cm³/mol. The Labute approximate surface area is 107 Å². The first-order valence-electron chi connectivity index (χ1n) is 4.79. The molecule has 0 saturated heterocycles. The molecular weight excluding hydrogens is 234 g/mol. The van der Waals surface area contributed by atoms with E-state index in [0.717, 1.165) is 0 Å². The number of hydrogen-bond acceptors (Lipinski definition) is 1. The molecule has 16 heavy (non-hydrogen) atoms. The Balaban J connectivity index is 0.000000267. The Hall–Kier alpha value is -1.54. The third-order valence-corrected chi connectivity index (χ3v) is 1.84. The first kappa shape index (κ1) is 14.5. The van der Waals surface area contributed by atoms with E-state index >= 15 is 0 Å². The molecule has 80 valence electrons. The molecular formula is C14H13CrN. The van der Waals surface area contributed by atoms with Crippen LogP contribution in [0.2, 0.25) is 0 Å². The van der Waals surface area contributed by atoms with Gasteiger partial charge >= 0.3 is 0 Å². The number of benzene rings is 2. The maximum absolute atomic E-state index is 8.29. The molecule has 0 amide bonds. The van der Waals surface area contributed by atoms with Gasteiger partial charge in [0.1, 0.15) is 0 Å². The van der Waals surface area contributed by atoms with Crippen LogP contribution in [-0.4, -0.2) is 0 Å². The molecule has 0 aliphatic heterocycles. The van der Waals surface area contributed by atoms with E-state index in [2.05, 4.69) is 19.1 Å². The van der Waals surface area contributed by atoms with Crippen LogP contribution in [0.3, 0.4) is 0 Å². The van der Waals surface area contributed by atoms with Gasteiger partial charge in [0.15, 0.2) is 0 Å². The maximum Gasteiger partial charge on any atom is 0.0991 e. The quantitative estimate of drug-likeness (QED) is 0.698. The van der Waals surface area contributed by atoms with Crippen LogP contribution >= 0.6 is 0 Å². The Kier molecular flexibility index (Phi) is 7.90. The molecule has 0 radical (unpaired) electrons. The van der Waals surface area contributed by atoms with Crippen molar-refractivity contribution in [2.75, 3.05) is 0 Å². The zero-order chi connectivity index (χ0) is 10.9. The van der Waals surface area contributed by atoms with Gasteiger partial charge < -0.3 is 0 Å². The SMILES string of the molecule is Cc1ccccc1.N#Cc1ccccc1.[Cr]. The van der Waals surface area contributed by atoms with Crippen molar-refractivity contribution in [2.24, 2.45) is 0 Å². The smallest absolute Gasteiger partial charge is 0.0991 e. The molecule has 0 unspecified atom stereocenters. The number of rotatable bonds is 0. The minimum atomic E-state index is 0. The Morgan fingerprint density at radius 1 is 0.812 bits per heavy atom. The average molecular weight is 247 g/mol. The number of aryl methyl sites for hydroxylation is 1. The van der Waals surface area contributed by atoms with E-state index in [1.54, 1.807) is 12.1 Å². The van der Waals surface area contributed by atoms with Gasteiger partial charge in [-0.15, -0.1) is 0 Å². The predicted octanol–water partition coefficient (Wildman–Crippen LogP) is 3.55. The third kappa shape index (κ3) is 6.04. The summed E-state index contributed by atoms with van der Waals surface area (Å²) in [5.41, 5.74) is 2.04. The van der Waals surface area contributed by atoms with E-state index in [4.69, 9.17) is 5.26 Å². The van der Waals surface area contributed by atoms with Crippen LogP contribution in [-0.2, 0) is 17.4 Å². The van der Waals surface area contributed by atoms with Gasteiger partial charge in [-0.05, 0) is 19.1 Å². The van der Waals surface area contributed by atoms with Gasteiger partial charge in [0.25, 0.3) is 0 Å². The molecule has 1 nitrogen and oxygen atoms in total. The van der Waals surface area contributed by atoms with Gasteiger partial charge in [-0.2, -0.15) is 5.26 Å². The summed E-state index contributed by atoms with van der Waals surface area (Å²) in [6.07, 6.45) is 0. The zero-order valence-electron chi connectivity index (χ0n) is 9.13. The van der Waals surface area contributed by atoms with E-state index in [-0.39, 0.29) is 17.4 Å². The van der Waals surface area contributed by atoms with Crippen LogP contribution < -0.4 is 0 Å². The summed E-state index contributed by atoms with van der Waals surface area (Å²) in [5, 5.41) is 8.29. The Morgan fingerprint density at radius 2 is 1.25 bits per heavy atom. The molecule has 0 fully saturated rings. The van der Waals surface area contributed by atoms with Gasteiger partial charge in [-0.25, -0.2) is 0 Å². The molecule has 0 N–H and O–H groups in total. The molecule has 0 spiro atoms. The summed E-state index contributed by atoms with van der Waals surface area (Å²) in [6.45, 7) is 2.08. The summed E-state index contributed by atoms with van der Waals surface area (Å²) in [4.78, 5) is 0. The monoisotopic (exact) mass is 247 g/mol. The van der Waals surface area contributed by atoms with Gasteiger partial charge in [0.05, 0.1) is 11.6 Å². The molecule has 2 aromatic carbocycles. The van der Waals surface area contributed by atoms with Crippen molar-refractivity contribution in [1.82, 2.24) is 0 Å². The van der Waals surface area contributed by atoms with Crippen molar-refractivity contribution in [2.45, 2.75) is 6.92 Å². The van der Waals surface area contributed by atoms with E-state index in [1.807, 2.05) is 42.5 Å². The maximum atomic E-state index is 8.29. The Bertz CT molecular complexity index is 417. The van der Waals surface area contributed by atoms with Crippen molar-refractivity contribution >= 4 is 0 Å². The van der Waals surface area contributed by atoms with Crippen molar-refractivity contribution in [1.29, 1.82) is 5.26 Å². The topological polar surface area (TPSA) is 23.8 Å². The molecule has 2 rings (SSSR count). The largest absolute Gasteiger partial charge is 0.192 e. The van der Waals surface area contributed by atoms with Crippen molar-refractivity contribution in [3.05, 3.63) is 71.8 Å². The van der Waals surface area contributed by atoms with Gasteiger partial charge in [-0.1, -0.05) is 54.1 Å². The van der Waals surface area contributed by atoms with Crippen LogP contribution in [0.1, 0.15) is 11.1 Å². The number of nitrogens with zero attached hydrogens (tertiary/aromatic N) is 1. The number of hydrogen-bond donors (Lipinski definition) is 0. The molecule has 2 heteroatoms. The molecule has 0 heterocycles. The van der Waals surface area contributed by atoms with Crippen molar-refractivity contribution in [3.8, 4) is 6.07 Å². The summed E-state index contributed by atoms with van der Waals surface area (Å²) in [7, 11) is 0. The molecule has 0 aliphatic carbocycles. The molecule has 0 saturated carbocycles. The van der Waals surface area contributed by atoms with Crippen LogP contribution in [0.25, 0.3) is 0 Å². The molecule has 2 aromatic rings. The van der Waals surface area contributed by atoms with E-state index < -0.39 is 0 Å². The molecule has 0 aliphatic rings. The van der Waals surface area contributed by atoms with Crippen LogP contribution in [0.15, 0.2) is 60.7 Å². The Morgan fingerprint density at radius 3 is 1.50 bits per heavy atom. The summed E-state index contributed by atoms with van der Waals surface area (Å²) in [5.74, 6) is 0. The van der Waals surface area contributed by atoms with Gasteiger partial charge in [0, 0.05) is 17.4 Å². The van der Waals surface area contributed by atoms with E-state index in [1.165, 1.54) is 5.56 Å². The summed E-state index contributed by atoms with van der Waals surface area (Å²) < 4.78 is 0. The first-order valence-corrected chi connectivity index (χ1v) is 4.79. The summed E-state index contributed by atoms with van der Waals surface area (Å²) in [6, 6.07) is 21.4. The van der Waals surface area contributed by atoms with Crippen LogP contribution in [0.5, 0.6) is 0 Å². The van der Waals surface area contributed by atoms with Gasteiger partial charge in [0.2, 0.25) is 0 Å². The summed E-state index contributed by atoms with van der Waals surface area (Å²) >= 11 is 0. The minimum Gasteiger partial charge on any atom is -0.192 e. The van der Waals surface area contributed by atoms with E-state index in [0.29, 0.717) is 5.56 Å². The number of nitriles is 1. The van der Waals surface area contributed by atoms with Crippen LogP contribution in [0.4, 0.5) is 0 Å². The average Bonchev–Trinajstić information content (AvgIpc) is 2.32. The second kappa shape index (κ2) is 8.75. The fourth-order valence-corrected chi connectivity index (χ4v) is 1.05. The van der Waals surface area contributed by atoms with Gasteiger partial charge in [-0.3, -0.25) is 0 Å². The second-order valence-corrected chi connectivity index (χ2v) is 3.13. The van der Waals surface area contributed by atoms with Crippen molar-refractivity contribution in [3.63, 3.8) is 0 Å². The van der Waals surface area contributed by atoms with Crippen LogP contribution in [0, 0.1) is 18.3 Å². The normalized spacial score (nSPS) is 7.75. The third-order valence-electron chi connectivity index (χ3n) is 1.84. The standard InChI is InChI=1S/C7H5N.C7H8.Cr/c8-6-7-4-2-1-3-5-7;1-7-5-3-2-4-6-7;/h1-5H;2-6H,1H3;. The first-order chi connectivity index (χ1) is 7.33. The molecule has 0 bridgehead atoms. The fraction of sp³-hybridized carbons (Fsp3) is 0.0714. The fourth-order valence-electron chi connectivity index (χ4n) is 1.05. The second-order valence-electron chi connectivity index (χ2n) is 3.13.